The maximum absolute atomic E-state index is 12.5. The van der Waals surface area contributed by atoms with Crippen molar-refractivity contribution < 1.29 is 14.6 Å². The van der Waals surface area contributed by atoms with Gasteiger partial charge in [-0.25, -0.2) is 0 Å². The number of nitrogens with zero attached hydrogens (tertiary/aromatic N) is 2. The van der Waals surface area contributed by atoms with Gasteiger partial charge < -0.3 is 14.7 Å². The molecule has 0 spiro atoms. The number of benzene rings is 1. The molecular weight excluding hydrogens is 304 g/mol. The number of morpholine rings is 1. The third kappa shape index (κ3) is 3.60. The molecule has 1 unspecified atom stereocenters. The molecule has 1 N–H and O–H groups in total. The second-order valence-electron chi connectivity index (χ2n) is 6.10. The number of aliphatic hydroxyl groups is 1. The molecule has 6 heteroatoms. The lowest BCUT2D eigenvalue weighted by atomic mass is 10.0. The van der Waals surface area contributed by atoms with Crippen molar-refractivity contribution in [1.82, 2.24) is 9.80 Å². The van der Waals surface area contributed by atoms with Crippen molar-refractivity contribution in [2.75, 3.05) is 45.9 Å². The Morgan fingerprint density at radius 1 is 1.23 bits per heavy atom. The van der Waals surface area contributed by atoms with Crippen LogP contribution in [0.5, 0.6) is 0 Å². The number of halogens is 1. The number of carbonyl (C=O) groups is 1. The molecule has 5 nitrogen and oxygen atoms in total. The van der Waals surface area contributed by atoms with Gasteiger partial charge in [-0.1, -0.05) is 11.6 Å². The summed E-state index contributed by atoms with van der Waals surface area (Å²) in [7, 11) is 0. The fourth-order valence-corrected chi connectivity index (χ4v) is 3.24. The Labute approximate surface area is 135 Å². The minimum atomic E-state index is -0.820. The third-order valence-corrected chi connectivity index (χ3v) is 4.58. The van der Waals surface area contributed by atoms with Crippen LogP contribution < -0.4 is 0 Å². The summed E-state index contributed by atoms with van der Waals surface area (Å²) < 4.78 is 5.33. The Morgan fingerprint density at radius 2 is 1.91 bits per heavy atom. The Balaban J connectivity index is 1.60. The van der Waals surface area contributed by atoms with Gasteiger partial charge in [0.15, 0.2) is 0 Å². The second kappa shape index (κ2) is 6.54. The van der Waals surface area contributed by atoms with Crippen LogP contribution in [-0.2, 0) is 4.74 Å². The normalized spacial score (nSPS) is 26.4. The van der Waals surface area contributed by atoms with E-state index in [9.17, 15) is 9.90 Å². The van der Waals surface area contributed by atoms with Crippen molar-refractivity contribution in [3.8, 4) is 0 Å². The van der Waals surface area contributed by atoms with Gasteiger partial charge in [0.05, 0.1) is 25.4 Å². The highest BCUT2D eigenvalue weighted by atomic mass is 35.5. The fourth-order valence-electron chi connectivity index (χ4n) is 3.11. The van der Waals surface area contributed by atoms with Crippen LogP contribution in [-0.4, -0.2) is 72.4 Å². The first-order valence-corrected chi connectivity index (χ1v) is 8.01. The van der Waals surface area contributed by atoms with E-state index in [1.807, 2.05) is 0 Å². The van der Waals surface area contributed by atoms with Crippen molar-refractivity contribution in [3.05, 3.63) is 34.9 Å². The first-order valence-electron chi connectivity index (χ1n) is 7.63. The summed E-state index contributed by atoms with van der Waals surface area (Å²) >= 11 is 5.85. The number of ether oxygens (including phenoxy) is 1. The van der Waals surface area contributed by atoms with E-state index in [0.29, 0.717) is 49.9 Å². The standard InChI is InChI=1S/C16H21ClN2O3/c17-14-3-1-13(2-4-14)15(20)19-6-5-16(21,12-19)11-18-7-9-22-10-8-18/h1-4,21H,5-12H2. The van der Waals surface area contributed by atoms with E-state index in [-0.39, 0.29) is 5.91 Å². The Kier molecular flexibility index (Phi) is 4.68. The zero-order chi connectivity index (χ0) is 15.6. The van der Waals surface area contributed by atoms with Crippen molar-refractivity contribution in [3.63, 3.8) is 0 Å². The molecule has 2 aliphatic heterocycles. The summed E-state index contributed by atoms with van der Waals surface area (Å²) in [6.45, 7) is 4.67. The molecule has 0 radical (unpaired) electrons. The van der Waals surface area contributed by atoms with E-state index >= 15 is 0 Å². The van der Waals surface area contributed by atoms with Gasteiger partial charge in [-0.2, -0.15) is 0 Å². The summed E-state index contributed by atoms with van der Waals surface area (Å²) in [6.07, 6.45) is 0.615. The van der Waals surface area contributed by atoms with Gasteiger partial charge in [0.1, 0.15) is 0 Å². The zero-order valence-electron chi connectivity index (χ0n) is 12.5. The number of β-amino-alcohol motifs (C(OH)–C–C–N with tert-alkyl or cyclic N) is 1. The van der Waals surface area contributed by atoms with Crippen molar-refractivity contribution in [2.24, 2.45) is 0 Å². The summed E-state index contributed by atoms with van der Waals surface area (Å²) in [4.78, 5) is 16.4. The van der Waals surface area contributed by atoms with Crippen LogP contribution in [0, 0.1) is 0 Å². The van der Waals surface area contributed by atoms with E-state index in [4.69, 9.17) is 16.3 Å². The quantitative estimate of drug-likeness (QED) is 0.909. The lowest BCUT2D eigenvalue weighted by Gasteiger charge is -2.33. The van der Waals surface area contributed by atoms with Crippen molar-refractivity contribution >= 4 is 17.5 Å². The molecular formula is C16H21ClN2O3. The number of likely N-dealkylation sites (tertiary alicyclic amines) is 1. The Bertz CT molecular complexity index is 531. The van der Waals surface area contributed by atoms with Crippen LogP contribution in [0.2, 0.25) is 5.02 Å². The minimum Gasteiger partial charge on any atom is -0.387 e. The number of rotatable bonds is 3. The van der Waals surface area contributed by atoms with E-state index < -0.39 is 5.60 Å². The molecule has 2 aliphatic rings. The number of amides is 1. The van der Waals surface area contributed by atoms with E-state index in [2.05, 4.69) is 4.90 Å². The second-order valence-corrected chi connectivity index (χ2v) is 6.53. The highest BCUT2D eigenvalue weighted by Gasteiger charge is 2.39. The first-order chi connectivity index (χ1) is 10.6. The molecule has 0 aliphatic carbocycles. The molecule has 2 heterocycles. The van der Waals surface area contributed by atoms with Crippen LogP contribution in [0.1, 0.15) is 16.8 Å². The first kappa shape index (κ1) is 15.7. The smallest absolute Gasteiger partial charge is 0.253 e. The molecule has 0 aromatic heterocycles. The van der Waals surface area contributed by atoms with Gasteiger partial charge in [-0.15, -0.1) is 0 Å². The van der Waals surface area contributed by atoms with Gasteiger partial charge in [0.25, 0.3) is 5.91 Å². The predicted molar refractivity (Wildman–Crippen MR) is 84.2 cm³/mol. The monoisotopic (exact) mass is 324 g/mol. The van der Waals surface area contributed by atoms with Crippen molar-refractivity contribution in [1.29, 1.82) is 0 Å². The molecule has 0 saturated carbocycles. The van der Waals surface area contributed by atoms with Crippen LogP contribution in [0.4, 0.5) is 0 Å². The number of hydrogen-bond acceptors (Lipinski definition) is 4. The maximum Gasteiger partial charge on any atom is 0.253 e. The van der Waals surface area contributed by atoms with Gasteiger partial charge >= 0.3 is 0 Å². The largest absolute Gasteiger partial charge is 0.387 e. The average Bonchev–Trinajstić information content (AvgIpc) is 2.90. The molecule has 2 saturated heterocycles. The Hall–Kier alpha value is -1.14. The summed E-state index contributed by atoms with van der Waals surface area (Å²) in [5, 5.41) is 11.4. The summed E-state index contributed by atoms with van der Waals surface area (Å²) in [5.41, 5.74) is -0.209. The molecule has 1 aromatic rings. The lowest BCUT2D eigenvalue weighted by Crippen LogP contribution is -2.49. The summed E-state index contributed by atoms with van der Waals surface area (Å²) in [6, 6.07) is 6.88. The average molecular weight is 325 g/mol. The molecule has 1 amide bonds. The van der Waals surface area contributed by atoms with E-state index in [0.717, 1.165) is 13.1 Å². The molecule has 0 bridgehead atoms. The SMILES string of the molecule is O=C(c1ccc(Cl)cc1)N1CCC(O)(CN2CCOCC2)C1. The van der Waals surface area contributed by atoms with Crippen LogP contribution in [0.3, 0.4) is 0 Å². The molecule has 3 rings (SSSR count). The molecule has 22 heavy (non-hydrogen) atoms. The molecule has 1 aromatic carbocycles. The van der Waals surface area contributed by atoms with Gasteiger partial charge in [-0.05, 0) is 30.7 Å². The minimum absolute atomic E-state index is 0.0467. The van der Waals surface area contributed by atoms with Gasteiger partial charge in [0, 0.05) is 36.8 Å². The highest BCUT2D eigenvalue weighted by molar-refractivity contribution is 6.30. The van der Waals surface area contributed by atoms with E-state index in [1.54, 1.807) is 29.2 Å². The topological polar surface area (TPSA) is 53.0 Å². The maximum atomic E-state index is 12.5. The van der Waals surface area contributed by atoms with Crippen molar-refractivity contribution in [2.45, 2.75) is 12.0 Å². The fraction of sp³-hybridized carbons (Fsp3) is 0.562. The van der Waals surface area contributed by atoms with Gasteiger partial charge in [-0.3, -0.25) is 9.69 Å². The molecule has 1 atom stereocenters. The number of carbonyl (C=O) groups excluding carboxylic acids is 1. The van der Waals surface area contributed by atoms with E-state index in [1.165, 1.54) is 0 Å². The van der Waals surface area contributed by atoms with Crippen LogP contribution in [0.25, 0.3) is 0 Å². The molecule has 2 fully saturated rings. The lowest BCUT2D eigenvalue weighted by molar-refractivity contribution is -0.0257. The zero-order valence-corrected chi connectivity index (χ0v) is 13.3. The van der Waals surface area contributed by atoms with Gasteiger partial charge in [0.2, 0.25) is 0 Å². The number of hydrogen-bond donors (Lipinski definition) is 1. The molecule has 120 valence electrons. The Morgan fingerprint density at radius 3 is 2.59 bits per heavy atom. The summed E-state index contributed by atoms with van der Waals surface area (Å²) in [5.74, 6) is -0.0467. The third-order valence-electron chi connectivity index (χ3n) is 4.33. The predicted octanol–water partition coefficient (Wildman–Crippen LogP) is 1.25. The highest BCUT2D eigenvalue weighted by Crippen LogP contribution is 2.25. The van der Waals surface area contributed by atoms with Crippen LogP contribution in [0.15, 0.2) is 24.3 Å². The van der Waals surface area contributed by atoms with Crippen LogP contribution >= 0.6 is 11.6 Å².